The Hall–Kier alpha value is -3.64. The molecule has 7 heteroatoms. The Morgan fingerprint density at radius 2 is 1.77 bits per heavy atom. The summed E-state index contributed by atoms with van der Waals surface area (Å²) in [5.74, 6) is 0.645. The van der Waals surface area contributed by atoms with Gasteiger partial charge in [-0.2, -0.15) is 0 Å². The molecule has 1 amide bonds. The van der Waals surface area contributed by atoms with Gasteiger partial charge in [0.25, 0.3) is 5.91 Å². The Morgan fingerprint density at radius 1 is 1.03 bits per heavy atom. The van der Waals surface area contributed by atoms with Gasteiger partial charge in [-0.25, -0.2) is 9.67 Å². The first-order chi connectivity index (χ1) is 14.5. The molecule has 1 aromatic heterocycles. The summed E-state index contributed by atoms with van der Waals surface area (Å²) in [6.07, 6.45) is 0. The van der Waals surface area contributed by atoms with Crippen molar-refractivity contribution in [2.45, 2.75) is 6.92 Å². The van der Waals surface area contributed by atoms with Gasteiger partial charge in [-0.05, 0) is 37.3 Å². The summed E-state index contributed by atoms with van der Waals surface area (Å²) in [6.45, 7) is 2.01. The number of aromatic nitrogens is 3. The first-order valence-electron chi connectivity index (χ1n) is 9.29. The Balaban J connectivity index is 1.75. The lowest BCUT2D eigenvalue weighted by atomic mass is 10.2. The largest absolute Gasteiger partial charge is 0.495 e. The number of hydrogen-bond donors (Lipinski definition) is 1. The third-order valence-electron chi connectivity index (χ3n) is 4.53. The summed E-state index contributed by atoms with van der Waals surface area (Å²) in [4.78, 5) is 17.4. The zero-order valence-electron chi connectivity index (χ0n) is 16.5. The number of ether oxygens (including phenoxy) is 1. The van der Waals surface area contributed by atoms with Gasteiger partial charge >= 0.3 is 0 Å². The van der Waals surface area contributed by atoms with Crippen molar-refractivity contribution in [3.8, 4) is 22.8 Å². The van der Waals surface area contributed by atoms with Crippen LogP contribution in [0, 0.1) is 6.92 Å². The lowest BCUT2D eigenvalue weighted by Crippen LogP contribution is -2.15. The highest BCUT2D eigenvalue weighted by Gasteiger charge is 2.20. The van der Waals surface area contributed by atoms with Crippen LogP contribution in [0.3, 0.4) is 0 Å². The van der Waals surface area contributed by atoms with Gasteiger partial charge in [0, 0.05) is 10.6 Å². The van der Waals surface area contributed by atoms with Crippen LogP contribution in [0.5, 0.6) is 5.75 Å². The Labute approximate surface area is 179 Å². The summed E-state index contributed by atoms with van der Waals surface area (Å²) >= 11 is 6.06. The van der Waals surface area contributed by atoms with Crippen LogP contribution in [0.2, 0.25) is 5.02 Å². The minimum atomic E-state index is -0.460. The number of rotatable bonds is 5. The zero-order valence-corrected chi connectivity index (χ0v) is 17.2. The molecule has 0 fully saturated rings. The van der Waals surface area contributed by atoms with E-state index < -0.39 is 5.91 Å². The highest BCUT2D eigenvalue weighted by Crippen LogP contribution is 2.28. The van der Waals surface area contributed by atoms with E-state index in [0.29, 0.717) is 22.3 Å². The molecule has 0 radical (unpaired) electrons. The number of methoxy groups -OCH3 is 1. The van der Waals surface area contributed by atoms with Crippen LogP contribution in [-0.4, -0.2) is 27.8 Å². The van der Waals surface area contributed by atoms with E-state index in [1.54, 1.807) is 22.9 Å². The number of hydrogen-bond acceptors (Lipinski definition) is 4. The van der Waals surface area contributed by atoms with Gasteiger partial charge in [0.05, 0.1) is 18.5 Å². The van der Waals surface area contributed by atoms with Crippen molar-refractivity contribution in [1.82, 2.24) is 14.8 Å². The molecule has 0 spiro atoms. The molecule has 0 aliphatic heterocycles. The van der Waals surface area contributed by atoms with E-state index in [1.807, 2.05) is 61.5 Å². The number of halogens is 1. The van der Waals surface area contributed by atoms with Crippen LogP contribution in [0.4, 0.5) is 5.69 Å². The van der Waals surface area contributed by atoms with Crippen molar-refractivity contribution in [3.63, 3.8) is 0 Å². The van der Waals surface area contributed by atoms with Crippen LogP contribution in [0.15, 0.2) is 72.8 Å². The molecule has 1 heterocycles. The Bertz CT molecular complexity index is 1190. The highest BCUT2D eigenvalue weighted by molar-refractivity contribution is 6.31. The first-order valence-corrected chi connectivity index (χ1v) is 9.67. The second-order valence-electron chi connectivity index (χ2n) is 6.67. The predicted octanol–water partition coefficient (Wildman–Crippen LogP) is 5.16. The van der Waals surface area contributed by atoms with E-state index in [4.69, 9.17) is 16.3 Å². The SMILES string of the molecule is COc1ccc(Cl)cc1NC(=O)c1nc(-c2ccccc2)n(-c2ccc(C)cc2)n1. The molecule has 0 bridgehead atoms. The molecule has 150 valence electrons. The van der Waals surface area contributed by atoms with E-state index in [9.17, 15) is 4.79 Å². The maximum absolute atomic E-state index is 12.9. The van der Waals surface area contributed by atoms with Crippen molar-refractivity contribution in [3.05, 3.63) is 89.2 Å². The van der Waals surface area contributed by atoms with Gasteiger partial charge in [-0.15, -0.1) is 5.10 Å². The number of nitrogens with zero attached hydrogens (tertiary/aromatic N) is 3. The fraction of sp³-hybridized carbons (Fsp3) is 0.0870. The normalized spacial score (nSPS) is 10.6. The average Bonchev–Trinajstić information content (AvgIpc) is 3.21. The molecule has 0 unspecified atom stereocenters. The molecule has 1 N–H and O–H groups in total. The first kappa shape index (κ1) is 19.7. The molecule has 4 aromatic rings. The molecular weight excluding hydrogens is 400 g/mol. The monoisotopic (exact) mass is 418 g/mol. The van der Waals surface area contributed by atoms with Crippen molar-refractivity contribution < 1.29 is 9.53 Å². The molecule has 0 saturated heterocycles. The topological polar surface area (TPSA) is 69.0 Å². The van der Waals surface area contributed by atoms with E-state index >= 15 is 0 Å². The lowest BCUT2D eigenvalue weighted by molar-refractivity contribution is 0.101. The summed E-state index contributed by atoms with van der Waals surface area (Å²) in [5.41, 5.74) is 3.24. The molecule has 4 rings (SSSR count). The van der Waals surface area contributed by atoms with Gasteiger partial charge in [0.2, 0.25) is 5.82 Å². The Kier molecular flexibility index (Phi) is 5.50. The van der Waals surface area contributed by atoms with Crippen molar-refractivity contribution in [2.75, 3.05) is 12.4 Å². The number of benzene rings is 3. The van der Waals surface area contributed by atoms with E-state index in [1.165, 1.54) is 7.11 Å². The van der Waals surface area contributed by atoms with Crippen LogP contribution in [-0.2, 0) is 0 Å². The lowest BCUT2D eigenvalue weighted by Gasteiger charge is -2.09. The second kappa shape index (κ2) is 8.39. The molecule has 0 atom stereocenters. The van der Waals surface area contributed by atoms with Crippen molar-refractivity contribution in [2.24, 2.45) is 0 Å². The maximum Gasteiger partial charge on any atom is 0.295 e. The van der Waals surface area contributed by atoms with Crippen LogP contribution >= 0.6 is 11.6 Å². The summed E-state index contributed by atoms with van der Waals surface area (Å²) in [7, 11) is 1.52. The van der Waals surface area contributed by atoms with Gasteiger partial charge < -0.3 is 10.1 Å². The van der Waals surface area contributed by atoms with E-state index in [-0.39, 0.29) is 5.82 Å². The molecule has 6 nitrogen and oxygen atoms in total. The fourth-order valence-corrected chi connectivity index (χ4v) is 3.18. The van der Waals surface area contributed by atoms with Crippen LogP contribution in [0.25, 0.3) is 17.1 Å². The number of aryl methyl sites for hydroxylation is 1. The molecule has 3 aromatic carbocycles. The van der Waals surface area contributed by atoms with Gasteiger partial charge in [-0.3, -0.25) is 4.79 Å². The van der Waals surface area contributed by atoms with E-state index in [0.717, 1.165) is 16.8 Å². The smallest absolute Gasteiger partial charge is 0.295 e. The maximum atomic E-state index is 12.9. The average molecular weight is 419 g/mol. The van der Waals surface area contributed by atoms with Crippen molar-refractivity contribution >= 4 is 23.2 Å². The zero-order chi connectivity index (χ0) is 21.1. The highest BCUT2D eigenvalue weighted by atomic mass is 35.5. The summed E-state index contributed by atoms with van der Waals surface area (Å²) < 4.78 is 6.96. The van der Waals surface area contributed by atoms with Crippen LogP contribution < -0.4 is 10.1 Å². The predicted molar refractivity (Wildman–Crippen MR) is 117 cm³/mol. The van der Waals surface area contributed by atoms with Gasteiger partial charge in [0.1, 0.15) is 5.75 Å². The minimum Gasteiger partial charge on any atom is -0.495 e. The second-order valence-corrected chi connectivity index (χ2v) is 7.11. The molecule has 0 saturated carbocycles. The summed E-state index contributed by atoms with van der Waals surface area (Å²) in [6, 6.07) is 22.5. The van der Waals surface area contributed by atoms with Gasteiger partial charge in [-0.1, -0.05) is 59.6 Å². The number of nitrogens with one attached hydrogen (secondary N) is 1. The van der Waals surface area contributed by atoms with Crippen LogP contribution in [0.1, 0.15) is 16.2 Å². The van der Waals surface area contributed by atoms with E-state index in [2.05, 4.69) is 15.4 Å². The van der Waals surface area contributed by atoms with Crippen molar-refractivity contribution in [1.29, 1.82) is 0 Å². The van der Waals surface area contributed by atoms with Gasteiger partial charge in [0.15, 0.2) is 5.82 Å². The third-order valence-corrected chi connectivity index (χ3v) is 4.77. The summed E-state index contributed by atoms with van der Waals surface area (Å²) in [5, 5.41) is 7.75. The Morgan fingerprint density at radius 3 is 2.47 bits per heavy atom. The molecule has 30 heavy (non-hydrogen) atoms. The fourth-order valence-electron chi connectivity index (χ4n) is 3.00. The standard InChI is InChI=1S/C23H19ClN4O2/c1-15-8-11-18(12-9-15)28-22(16-6-4-3-5-7-16)26-21(27-28)23(29)25-19-14-17(24)10-13-20(19)30-2/h3-14H,1-2H3,(H,25,29). The number of carbonyl (C=O) groups is 1. The number of amides is 1. The number of anilines is 1. The minimum absolute atomic E-state index is 0.0384. The molecule has 0 aliphatic carbocycles. The molecular formula is C23H19ClN4O2. The third kappa shape index (κ3) is 4.04. The quantitative estimate of drug-likeness (QED) is 0.486. The molecule has 0 aliphatic rings. The number of carbonyl (C=O) groups excluding carboxylic acids is 1.